The third kappa shape index (κ3) is 2.70. The van der Waals surface area contributed by atoms with Crippen LogP contribution < -0.4 is 0 Å². The zero-order valence-corrected chi connectivity index (χ0v) is 21.1. The molecule has 0 N–H and O–H groups in total. The van der Waals surface area contributed by atoms with Crippen LogP contribution in [0.5, 0.6) is 0 Å². The number of rotatable bonds is 3. The van der Waals surface area contributed by atoms with E-state index in [9.17, 15) is 0 Å². The van der Waals surface area contributed by atoms with Crippen LogP contribution in [-0.4, -0.2) is 36.0 Å². The largest absolute Gasteiger partial charge is 0.474 e. The third-order valence-corrected chi connectivity index (χ3v) is 9.28. The summed E-state index contributed by atoms with van der Waals surface area (Å²) in [6.45, 7) is 2.08. The molecule has 188 valence electrons. The van der Waals surface area contributed by atoms with E-state index in [1.807, 2.05) is 0 Å². The van der Waals surface area contributed by atoms with E-state index in [4.69, 9.17) is 29.2 Å². The minimum Gasteiger partial charge on any atom is -0.474 e. The summed E-state index contributed by atoms with van der Waals surface area (Å²) < 4.78 is 20.0. The van der Waals surface area contributed by atoms with E-state index in [2.05, 4.69) is 79.7 Å². The zero-order chi connectivity index (χ0) is 25.0. The summed E-state index contributed by atoms with van der Waals surface area (Å²) in [4.78, 5) is 15.6. The van der Waals surface area contributed by atoms with Crippen LogP contribution in [0.15, 0.2) is 87.8 Å². The normalized spacial score (nSPS) is 32.3. The maximum absolute atomic E-state index is 6.67. The minimum absolute atomic E-state index is 0.0221. The van der Waals surface area contributed by atoms with E-state index < -0.39 is 5.41 Å². The predicted octanol–water partition coefficient (Wildman–Crippen LogP) is 5.28. The molecule has 0 saturated carbocycles. The third-order valence-electron chi connectivity index (χ3n) is 9.28. The Morgan fingerprint density at radius 2 is 0.842 bits per heavy atom. The summed E-state index contributed by atoms with van der Waals surface area (Å²) in [6, 6.07) is 25.5. The molecule has 38 heavy (non-hydrogen) atoms. The maximum atomic E-state index is 6.67. The van der Waals surface area contributed by atoms with Crippen molar-refractivity contribution < 1.29 is 14.2 Å². The Bertz CT molecular complexity index is 1420. The van der Waals surface area contributed by atoms with Gasteiger partial charge in [-0.3, -0.25) is 0 Å². The number of ether oxygens (including phenoxy) is 3. The lowest BCUT2D eigenvalue weighted by Gasteiger charge is -2.29. The molecule has 0 bridgehead atoms. The Kier molecular flexibility index (Phi) is 4.07. The van der Waals surface area contributed by atoms with Crippen molar-refractivity contribution in [1.29, 1.82) is 0 Å². The first-order valence-electron chi connectivity index (χ1n) is 13.6. The number of aliphatic imine (C=N–C) groups is 3. The van der Waals surface area contributed by atoms with Gasteiger partial charge < -0.3 is 14.2 Å². The molecular formula is C32H27N3O3. The highest BCUT2D eigenvalue weighted by molar-refractivity contribution is 6.23. The average Bonchev–Trinajstić information content (AvgIpc) is 3.75. The Hall–Kier alpha value is -3.93. The Morgan fingerprint density at radius 3 is 1.18 bits per heavy atom. The van der Waals surface area contributed by atoms with Crippen LogP contribution in [0.4, 0.5) is 0 Å². The van der Waals surface area contributed by atoms with Crippen molar-refractivity contribution in [1.82, 2.24) is 0 Å². The van der Waals surface area contributed by atoms with Crippen molar-refractivity contribution in [3.8, 4) is 0 Å². The van der Waals surface area contributed by atoms with Gasteiger partial charge in [-0.05, 0) is 40.3 Å². The first-order valence-corrected chi connectivity index (χ1v) is 13.6. The molecule has 3 aliphatic carbocycles. The van der Waals surface area contributed by atoms with Gasteiger partial charge in [-0.1, -0.05) is 72.8 Å². The van der Waals surface area contributed by atoms with Gasteiger partial charge in [-0.2, -0.15) is 0 Å². The molecule has 7 atom stereocenters. The maximum Gasteiger partial charge on any atom is 0.209 e. The van der Waals surface area contributed by atoms with E-state index in [-0.39, 0.29) is 36.4 Å². The molecule has 6 heteroatoms. The SMILES string of the molecule is CC(C1=NC2c3ccccc3CC2O1)(C1=N[C@H]2c3ccccc3CC2O1)C1=N[C@H]2c3ccccc3C[C@H]2O1. The van der Waals surface area contributed by atoms with E-state index in [0.717, 1.165) is 19.3 Å². The molecule has 0 spiro atoms. The fraction of sp³-hybridized carbons (Fsp3) is 0.344. The Balaban J connectivity index is 1.16. The van der Waals surface area contributed by atoms with Gasteiger partial charge in [0.1, 0.15) is 36.4 Å². The van der Waals surface area contributed by atoms with E-state index in [0.29, 0.717) is 17.7 Å². The van der Waals surface area contributed by atoms with Crippen molar-refractivity contribution >= 4 is 17.7 Å². The van der Waals surface area contributed by atoms with Gasteiger partial charge in [-0.15, -0.1) is 0 Å². The smallest absolute Gasteiger partial charge is 0.209 e. The van der Waals surface area contributed by atoms with Gasteiger partial charge in [-0.25, -0.2) is 15.0 Å². The highest BCUT2D eigenvalue weighted by atomic mass is 16.5. The average molecular weight is 502 g/mol. The Morgan fingerprint density at radius 1 is 0.526 bits per heavy atom. The van der Waals surface area contributed by atoms with Crippen LogP contribution in [0.2, 0.25) is 0 Å². The van der Waals surface area contributed by atoms with Crippen LogP contribution in [0.25, 0.3) is 0 Å². The van der Waals surface area contributed by atoms with E-state index in [1.54, 1.807) is 0 Å². The lowest BCUT2D eigenvalue weighted by atomic mass is 9.89. The summed E-state index contributed by atoms with van der Waals surface area (Å²) in [7, 11) is 0. The fourth-order valence-electron chi connectivity index (χ4n) is 7.30. The molecule has 4 unspecified atom stereocenters. The fourth-order valence-corrected chi connectivity index (χ4v) is 7.30. The monoisotopic (exact) mass is 501 g/mol. The van der Waals surface area contributed by atoms with E-state index in [1.165, 1.54) is 33.4 Å². The quantitative estimate of drug-likeness (QED) is 0.491. The highest BCUT2D eigenvalue weighted by Gasteiger charge is 2.58. The molecule has 3 aromatic carbocycles. The molecule has 0 saturated heterocycles. The first-order chi connectivity index (χ1) is 18.7. The molecule has 0 aromatic heterocycles. The van der Waals surface area contributed by atoms with Gasteiger partial charge in [0.2, 0.25) is 17.7 Å². The lowest BCUT2D eigenvalue weighted by molar-refractivity contribution is 0.160. The Labute approximate surface area is 221 Å². The van der Waals surface area contributed by atoms with Crippen molar-refractivity contribution in [2.24, 2.45) is 20.4 Å². The van der Waals surface area contributed by atoms with Crippen molar-refractivity contribution in [2.75, 3.05) is 0 Å². The molecule has 0 fully saturated rings. The first kappa shape index (κ1) is 21.1. The van der Waals surface area contributed by atoms with Crippen molar-refractivity contribution in [2.45, 2.75) is 62.6 Å². The lowest BCUT2D eigenvalue weighted by Crippen LogP contribution is -2.46. The van der Waals surface area contributed by atoms with Gasteiger partial charge in [0, 0.05) is 19.3 Å². The number of hydrogen-bond acceptors (Lipinski definition) is 6. The summed E-state index contributed by atoms with van der Waals surface area (Å²) in [5.74, 6) is 1.84. The number of hydrogen-bond donors (Lipinski definition) is 0. The number of benzene rings is 3. The molecule has 6 nitrogen and oxygen atoms in total. The molecule has 0 amide bonds. The second-order valence-electron chi connectivity index (χ2n) is 11.4. The molecule has 9 rings (SSSR count). The minimum atomic E-state index is -0.919. The number of nitrogens with zero attached hydrogens (tertiary/aromatic N) is 3. The molecule has 3 aromatic rings. The van der Waals surface area contributed by atoms with Crippen molar-refractivity contribution in [3.05, 3.63) is 106 Å². The molecule has 6 aliphatic rings. The highest BCUT2D eigenvalue weighted by Crippen LogP contribution is 2.50. The van der Waals surface area contributed by atoms with E-state index >= 15 is 0 Å². The predicted molar refractivity (Wildman–Crippen MR) is 144 cm³/mol. The molecule has 0 radical (unpaired) electrons. The van der Waals surface area contributed by atoms with Gasteiger partial charge in [0.25, 0.3) is 0 Å². The van der Waals surface area contributed by atoms with Gasteiger partial charge in [0.05, 0.1) is 0 Å². The topological polar surface area (TPSA) is 64.8 Å². The second kappa shape index (κ2) is 7.34. The summed E-state index contributed by atoms with van der Waals surface area (Å²) in [6.07, 6.45) is 2.48. The van der Waals surface area contributed by atoms with Crippen LogP contribution in [0.1, 0.15) is 58.4 Å². The summed E-state index contributed by atoms with van der Waals surface area (Å²) >= 11 is 0. The molecule has 3 heterocycles. The summed E-state index contributed by atoms with van der Waals surface area (Å²) in [5, 5.41) is 0. The van der Waals surface area contributed by atoms with Gasteiger partial charge >= 0.3 is 0 Å². The van der Waals surface area contributed by atoms with Gasteiger partial charge in [0.15, 0.2) is 5.41 Å². The van der Waals surface area contributed by atoms with Crippen LogP contribution >= 0.6 is 0 Å². The van der Waals surface area contributed by atoms with Crippen molar-refractivity contribution in [3.63, 3.8) is 0 Å². The standard InChI is InChI=1S/C32H27N3O3/c1-32(29-33-26-20-11-5-2-8-17(20)14-23(26)36-29,30-34-27-21-12-6-3-9-18(21)15-24(27)37-30)31-35-28-22-13-7-4-10-19(22)16-25(28)38-31/h2-13,23-28H,14-16H2,1H3/t23-,24?,25?,26+,27+,28?,32?/m1/s1. The summed E-state index contributed by atoms with van der Waals surface area (Å²) in [5.41, 5.74) is 6.76. The molecule has 3 aliphatic heterocycles. The second-order valence-corrected chi connectivity index (χ2v) is 11.4. The molecular weight excluding hydrogens is 474 g/mol. The van der Waals surface area contributed by atoms with Crippen LogP contribution in [0, 0.1) is 5.41 Å². The zero-order valence-electron chi connectivity index (χ0n) is 21.1. The van der Waals surface area contributed by atoms with Crippen LogP contribution in [0.3, 0.4) is 0 Å². The number of fused-ring (bicyclic) bond motifs is 9. The van der Waals surface area contributed by atoms with Crippen LogP contribution in [-0.2, 0) is 33.5 Å².